The van der Waals surface area contributed by atoms with Crippen LogP contribution in [0, 0.1) is 6.92 Å². The van der Waals surface area contributed by atoms with E-state index in [1.165, 1.54) is 10.4 Å². The van der Waals surface area contributed by atoms with Gasteiger partial charge < -0.3 is 9.42 Å². The molecule has 0 bridgehead atoms. The van der Waals surface area contributed by atoms with Crippen molar-refractivity contribution in [2.45, 2.75) is 13.5 Å². The molecule has 1 saturated heterocycles. The van der Waals surface area contributed by atoms with Gasteiger partial charge in [0.2, 0.25) is 5.89 Å². The number of aromatic nitrogens is 4. The van der Waals surface area contributed by atoms with E-state index in [-0.39, 0.29) is 0 Å². The Balaban J connectivity index is 1.34. The molecule has 8 heteroatoms. The number of nitrogens with zero attached hydrogens (tertiary/aromatic N) is 6. The summed E-state index contributed by atoms with van der Waals surface area (Å²) >= 11 is 1.72. The zero-order chi connectivity index (χ0) is 18.9. The van der Waals surface area contributed by atoms with Crippen LogP contribution in [0.5, 0.6) is 0 Å². The molecule has 3 aromatic heterocycles. The summed E-state index contributed by atoms with van der Waals surface area (Å²) in [4.78, 5) is 20.4. The number of fused-ring (bicyclic) bond motifs is 1. The van der Waals surface area contributed by atoms with Gasteiger partial charge in [-0.2, -0.15) is 4.98 Å². The molecule has 1 aliphatic rings. The third-order valence-electron chi connectivity index (χ3n) is 4.97. The molecule has 0 saturated carbocycles. The van der Waals surface area contributed by atoms with Crippen molar-refractivity contribution >= 4 is 27.4 Å². The molecule has 7 nitrogen and oxygen atoms in total. The molecule has 1 fully saturated rings. The van der Waals surface area contributed by atoms with Crippen molar-refractivity contribution in [1.82, 2.24) is 25.0 Å². The van der Waals surface area contributed by atoms with Crippen LogP contribution in [0.4, 0.5) is 5.82 Å². The predicted octanol–water partition coefficient (Wildman–Crippen LogP) is 3.37. The first kappa shape index (κ1) is 17.3. The molecule has 1 aliphatic heterocycles. The smallest absolute Gasteiger partial charge is 0.223 e. The Morgan fingerprint density at radius 2 is 1.89 bits per heavy atom. The maximum Gasteiger partial charge on any atom is 0.223 e. The van der Waals surface area contributed by atoms with Gasteiger partial charge in [-0.3, -0.25) is 4.90 Å². The number of aryl methyl sites for hydroxylation is 1. The normalized spacial score (nSPS) is 15.4. The molecule has 1 aromatic carbocycles. The summed E-state index contributed by atoms with van der Waals surface area (Å²) in [6.45, 7) is 6.25. The molecule has 142 valence electrons. The van der Waals surface area contributed by atoms with Crippen molar-refractivity contribution in [2.24, 2.45) is 0 Å². The molecule has 0 aliphatic carbocycles. The fourth-order valence-corrected chi connectivity index (χ4v) is 4.56. The second kappa shape index (κ2) is 7.29. The first-order chi connectivity index (χ1) is 13.8. The number of rotatable bonds is 4. The van der Waals surface area contributed by atoms with E-state index in [4.69, 9.17) is 4.52 Å². The summed E-state index contributed by atoms with van der Waals surface area (Å²) < 4.78 is 5.07. The Morgan fingerprint density at radius 3 is 2.64 bits per heavy atom. The van der Waals surface area contributed by atoms with Gasteiger partial charge in [0.25, 0.3) is 0 Å². The average molecular weight is 392 g/mol. The van der Waals surface area contributed by atoms with Crippen LogP contribution in [0.1, 0.15) is 11.7 Å². The lowest BCUT2D eigenvalue weighted by Gasteiger charge is -2.34. The lowest BCUT2D eigenvalue weighted by Crippen LogP contribution is -2.46. The fraction of sp³-hybridized carbons (Fsp3) is 0.300. The van der Waals surface area contributed by atoms with Crippen molar-refractivity contribution in [3.8, 4) is 10.4 Å². The van der Waals surface area contributed by atoms with Gasteiger partial charge in [-0.1, -0.05) is 35.5 Å². The lowest BCUT2D eigenvalue weighted by molar-refractivity contribution is 0.239. The van der Waals surface area contributed by atoms with Crippen LogP contribution in [0.3, 0.4) is 0 Å². The van der Waals surface area contributed by atoms with E-state index in [9.17, 15) is 0 Å². The Hall–Kier alpha value is -2.84. The maximum absolute atomic E-state index is 5.07. The molecule has 0 N–H and O–H groups in total. The highest BCUT2D eigenvalue weighted by Gasteiger charge is 2.22. The van der Waals surface area contributed by atoms with E-state index < -0.39 is 0 Å². The van der Waals surface area contributed by atoms with Crippen LogP contribution in [0.2, 0.25) is 0 Å². The van der Waals surface area contributed by atoms with Crippen molar-refractivity contribution in [1.29, 1.82) is 0 Å². The molecule has 5 rings (SSSR count). The van der Waals surface area contributed by atoms with Gasteiger partial charge in [-0.15, -0.1) is 11.3 Å². The topological polar surface area (TPSA) is 71.2 Å². The quantitative estimate of drug-likeness (QED) is 0.527. The van der Waals surface area contributed by atoms with Crippen LogP contribution in [0.15, 0.2) is 47.2 Å². The number of benzene rings is 1. The summed E-state index contributed by atoms with van der Waals surface area (Å²) in [5.74, 6) is 2.39. The van der Waals surface area contributed by atoms with Gasteiger partial charge in [0.15, 0.2) is 5.82 Å². The number of thiophene rings is 1. The average Bonchev–Trinajstić information content (AvgIpc) is 3.35. The molecule has 4 aromatic rings. The van der Waals surface area contributed by atoms with Crippen LogP contribution in [-0.2, 0) is 6.54 Å². The van der Waals surface area contributed by atoms with E-state index in [1.807, 2.05) is 13.0 Å². The Kier molecular flexibility index (Phi) is 4.50. The van der Waals surface area contributed by atoms with E-state index in [1.54, 1.807) is 17.7 Å². The molecular weight excluding hydrogens is 372 g/mol. The number of hydrogen-bond donors (Lipinski definition) is 0. The van der Waals surface area contributed by atoms with Gasteiger partial charge in [0.1, 0.15) is 17.0 Å². The molecule has 0 spiro atoms. The summed E-state index contributed by atoms with van der Waals surface area (Å²) in [5.41, 5.74) is 1.22. The minimum absolute atomic E-state index is 0.615. The molecular formula is C20H20N6OS. The van der Waals surface area contributed by atoms with Gasteiger partial charge in [-0.25, -0.2) is 9.97 Å². The third-order valence-corrected chi connectivity index (χ3v) is 6.07. The standard InChI is InChI=1S/C20H20N6OS/c1-14-23-18(24-27-14)12-25-7-9-26(10-8-25)19-16-11-17(15-5-3-2-4-6-15)28-20(16)22-13-21-19/h2-6,11,13H,7-10,12H2,1H3. The fourth-order valence-electron chi connectivity index (χ4n) is 3.56. The van der Waals surface area contributed by atoms with Gasteiger partial charge >= 0.3 is 0 Å². The van der Waals surface area contributed by atoms with Crippen LogP contribution in [-0.4, -0.2) is 51.2 Å². The molecule has 0 unspecified atom stereocenters. The van der Waals surface area contributed by atoms with Crippen LogP contribution < -0.4 is 4.90 Å². The Morgan fingerprint density at radius 1 is 1.07 bits per heavy atom. The largest absolute Gasteiger partial charge is 0.353 e. The Labute approximate surface area is 166 Å². The van der Waals surface area contributed by atoms with E-state index in [0.29, 0.717) is 5.89 Å². The van der Waals surface area contributed by atoms with Crippen molar-refractivity contribution in [2.75, 3.05) is 31.1 Å². The highest BCUT2D eigenvalue weighted by Crippen LogP contribution is 2.36. The monoisotopic (exact) mass is 392 g/mol. The molecule has 4 heterocycles. The van der Waals surface area contributed by atoms with Gasteiger partial charge in [0.05, 0.1) is 11.9 Å². The van der Waals surface area contributed by atoms with E-state index >= 15 is 0 Å². The molecule has 0 atom stereocenters. The lowest BCUT2D eigenvalue weighted by atomic mass is 10.2. The SMILES string of the molecule is Cc1nc(CN2CCN(c3ncnc4sc(-c5ccccc5)cc34)CC2)no1. The first-order valence-corrected chi connectivity index (χ1v) is 10.1. The van der Waals surface area contributed by atoms with Gasteiger partial charge in [-0.05, 0) is 11.6 Å². The number of anilines is 1. The summed E-state index contributed by atoms with van der Waals surface area (Å²) in [7, 11) is 0. The zero-order valence-corrected chi connectivity index (χ0v) is 16.4. The van der Waals surface area contributed by atoms with Crippen LogP contribution >= 0.6 is 11.3 Å². The second-order valence-corrected chi connectivity index (χ2v) is 7.92. The number of piperazine rings is 1. The maximum atomic E-state index is 5.07. The predicted molar refractivity (Wildman–Crippen MR) is 109 cm³/mol. The van der Waals surface area contributed by atoms with E-state index in [2.05, 4.69) is 60.2 Å². The van der Waals surface area contributed by atoms with Crippen LogP contribution in [0.25, 0.3) is 20.7 Å². The minimum atomic E-state index is 0.615. The number of hydrogen-bond acceptors (Lipinski definition) is 8. The summed E-state index contributed by atoms with van der Waals surface area (Å²) in [6, 6.07) is 12.7. The highest BCUT2D eigenvalue weighted by atomic mass is 32.1. The summed E-state index contributed by atoms with van der Waals surface area (Å²) in [6.07, 6.45) is 1.68. The zero-order valence-electron chi connectivity index (χ0n) is 15.6. The third kappa shape index (κ3) is 3.36. The molecule has 0 amide bonds. The van der Waals surface area contributed by atoms with Crippen molar-refractivity contribution in [3.05, 3.63) is 54.4 Å². The molecule has 28 heavy (non-hydrogen) atoms. The molecule has 0 radical (unpaired) electrons. The second-order valence-electron chi connectivity index (χ2n) is 6.89. The summed E-state index contributed by atoms with van der Waals surface area (Å²) in [5, 5.41) is 5.13. The van der Waals surface area contributed by atoms with Gasteiger partial charge in [0, 0.05) is 38.0 Å². The first-order valence-electron chi connectivity index (χ1n) is 9.33. The highest BCUT2D eigenvalue weighted by molar-refractivity contribution is 7.21. The van der Waals surface area contributed by atoms with Crippen molar-refractivity contribution < 1.29 is 4.52 Å². The Bertz CT molecular complexity index is 1080. The van der Waals surface area contributed by atoms with E-state index in [0.717, 1.165) is 54.6 Å². The van der Waals surface area contributed by atoms with Crippen molar-refractivity contribution in [3.63, 3.8) is 0 Å². The minimum Gasteiger partial charge on any atom is -0.353 e.